The molecule has 29 heavy (non-hydrogen) atoms. The summed E-state index contributed by atoms with van der Waals surface area (Å²) in [5, 5.41) is 0. The standard InChI is InChI=1S/C18H21F3N6O2/c19-18(20,21)16-12(1-2-14(22)24-16)13-11-15(26-3-7-28-8-4-26)25-17(23-13)27-5-9-29-10-6-27/h1-2,11H,3-10H2,(H2,22,24). The van der Waals surface area contributed by atoms with Gasteiger partial charge in [0.2, 0.25) is 5.95 Å². The summed E-state index contributed by atoms with van der Waals surface area (Å²) in [7, 11) is 0. The summed E-state index contributed by atoms with van der Waals surface area (Å²) in [6.45, 7) is 4.43. The van der Waals surface area contributed by atoms with Gasteiger partial charge in [0, 0.05) is 37.8 Å². The number of nitrogen functional groups attached to an aromatic ring is 1. The van der Waals surface area contributed by atoms with Gasteiger partial charge >= 0.3 is 6.18 Å². The third-order valence-corrected chi connectivity index (χ3v) is 4.79. The van der Waals surface area contributed by atoms with Crippen LogP contribution in [0, 0.1) is 0 Å². The van der Waals surface area contributed by atoms with Gasteiger partial charge in [0.25, 0.3) is 0 Å². The van der Waals surface area contributed by atoms with Crippen LogP contribution in [0.1, 0.15) is 5.69 Å². The van der Waals surface area contributed by atoms with E-state index in [0.717, 1.165) is 0 Å². The molecule has 156 valence electrons. The first-order chi connectivity index (χ1) is 13.9. The minimum Gasteiger partial charge on any atom is -0.384 e. The average Bonchev–Trinajstić information content (AvgIpc) is 2.74. The lowest BCUT2D eigenvalue weighted by Gasteiger charge is -2.31. The molecular weight excluding hydrogens is 389 g/mol. The van der Waals surface area contributed by atoms with Crippen LogP contribution < -0.4 is 15.5 Å². The van der Waals surface area contributed by atoms with Crippen molar-refractivity contribution in [2.45, 2.75) is 6.18 Å². The average molecular weight is 410 g/mol. The van der Waals surface area contributed by atoms with Gasteiger partial charge in [-0.2, -0.15) is 18.2 Å². The topological polar surface area (TPSA) is 89.6 Å². The van der Waals surface area contributed by atoms with E-state index in [4.69, 9.17) is 15.2 Å². The number of hydrogen-bond donors (Lipinski definition) is 1. The molecule has 0 amide bonds. The van der Waals surface area contributed by atoms with Gasteiger partial charge in [0.1, 0.15) is 11.6 Å². The van der Waals surface area contributed by atoms with Gasteiger partial charge in [0.15, 0.2) is 5.69 Å². The Bertz CT molecular complexity index is 831. The van der Waals surface area contributed by atoms with Crippen LogP contribution in [0.3, 0.4) is 0 Å². The van der Waals surface area contributed by atoms with E-state index in [1.54, 1.807) is 6.07 Å². The van der Waals surface area contributed by atoms with E-state index in [9.17, 15) is 13.2 Å². The molecule has 8 nitrogen and oxygen atoms in total. The van der Waals surface area contributed by atoms with Crippen molar-refractivity contribution in [2.24, 2.45) is 0 Å². The molecule has 2 aromatic heterocycles. The van der Waals surface area contributed by atoms with Crippen LogP contribution in [-0.2, 0) is 15.7 Å². The summed E-state index contributed by atoms with van der Waals surface area (Å²) in [6, 6.07) is 4.22. The van der Waals surface area contributed by atoms with Gasteiger partial charge in [0.05, 0.1) is 32.1 Å². The summed E-state index contributed by atoms with van der Waals surface area (Å²) in [4.78, 5) is 16.5. The number of ether oxygens (including phenoxy) is 2. The summed E-state index contributed by atoms with van der Waals surface area (Å²) < 4.78 is 51.6. The molecule has 4 rings (SSSR count). The largest absolute Gasteiger partial charge is 0.434 e. The number of morpholine rings is 2. The van der Waals surface area contributed by atoms with Crippen LogP contribution in [0.5, 0.6) is 0 Å². The van der Waals surface area contributed by atoms with E-state index in [0.29, 0.717) is 64.4 Å². The Labute approximate surface area is 165 Å². The fraction of sp³-hybridized carbons (Fsp3) is 0.500. The zero-order chi connectivity index (χ0) is 20.4. The van der Waals surface area contributed by atoms with E-state index in [-0.39, 0.29) is 17.1 Å². The Morgan fingerprint density at radius 2 is 1.48 bits per heavy atom. The molecule has 0 bridgehead atoms. The lowest BCUT2D eigenvalue weighted by Crippen LogP contribution is -2.39. The molecule has 0 atom stereocenters. The van der Waals surface area contributed by atoms with Gasteiger partial charge in [-0.1, -0.05) is 0 Å². The molecule has 2 saturated heterocycles. The Kier molecular flexibility index (Phi) is 5.41. The summed E-state index contributed by atoms with van der Waals surface area (Å²) in [5.41, 5.74) is 4.48. The van der Waals surface area contributed by atoms with Crippen molar-refractivity contribution >= 4 is 17.6 Å². The molecule has 0 spiro atoms. The van der Waals surface area contributed by atoms with Gasteiger partial charge < -0.3 is 25.0 Å². The second-order valence-electron chi connectivity index (χ2n) is 6.74. The lowest BCUT2D eigenvalue weighted by molar-refractivity contribution is -0.140. The quantitative estimate of drug-likeness (QED) is 0.820. The molecule has 11 heteroatoms. The number of rotatable bonds is 3. The molecular formula is C18H21F3N6O2. The van der Waals surface area contributed by atoms with Crippen LogP contribution in [0.25, 0.3) is 11.3 Å². The Hall–Kier alpha value is -2.66. The van der Waals surface area contributed by atoms with Gasteiger partial charge in [-0.3, -0.25) is 0 Å². The predicted molar refractivity (Wildman–Crippen MR) is 101 cm³/mol. The number of aromatic nitrogens is 3. The number of anilines is 3. The maximum Gasteiger partial charge on any atom is 0.434 e. The molecule has 0 saturated carbocycles. The number of nitrogens with two attached hydrogens (primary N) is 1. The molecule has 2 aliphatic rings. The van der Waals surface area contributed by atoms with E-state index in [1.165, 1.54) is 12.1 Å². The Morgan fingerprint density at radius 3 is 2.10 bits per heavy atom. The van der Waals surface area contributed by atoms with Crippen molar-refractivity contribution in [2.75, 3.05) is 68.1 Å². The van der Waals surface area contributed by atoms with E-state index >= 15 is 0 Å². The van der Waals surface area contributed by atoms with Crippen molar-refractivity contribution in [3.8, 4) is 11.3 Å². The predicted octanol–water partition coefficient (Wildman–Crippen LogP) is 1.81. The Morgan fingerprint density at radius 1 is 0.862 bits per heavy atom. The number of pyridine rings is 1. The molecule has 2 aromatic rings. The third-order valence-electron chi connectivity index (χ3n) is 4.79. The fourth-order valence-corrected chi connectivity index (χ4v) is 3.32. The smallest absolute Gasteiger partial charge is 0.384 e. The van der Waals surface area contributed by atoms with Crippen molar-refractivity contribution in [3.63, 3.8) is 0 Å². The van der Waals surface area contributed by atoms with Gasteiger partial charge in [-0.05, 0) is 12.1 Å². The minimum atomic E-state index is -4.66. The SMILES string of the molecule is Nc1ccc(-c2cc(N3CCOCC3)nc(N3CCOCC3)n2)c(C(F)(F)F)n1. The molecule has 0 aromatic carbocycles. The minimum absolute atomic E-state index is 0.127. The number of hydrogen-bond acceptors (Lipinski definition) is 8. The highest BCUT2D eigenvalue weighted by atomic mass is 19.4. The molecule has 0 aliphatic carbocycles. The van der Waals surface area contributed by atoms with Crippen molar-refractivity contribution in [3.05, 3.63) is 23.9 Å². The van der Waals surface area contributed by atoms with Crippen molar-refractivity contribution < 1.29 is 22.6 Å². The summed E-state index contributed by atoms with van der Waals surface area (Å²) in [6.07, 6.45) is -4.66. The Balaban J connectivity index is 1.82. The zero-order valence-electron chi connectivity index (χ0n) is 15.7. The second-order valence-corrected chi connectivity index (χ2v) is 6.74. The van der Waals surface area contributed by atoms with Crippen LogP contribution in [-0.4, -0.2) is 67.6 Å². The highest BCUT2D eigenvalue weighted by Crippen LogP contribution is 2.37. The number of alkyl halides is 3. The van der Waals surface area contributed by atoms with E-state index in [2.05, 4.69) is 15.0 Å². The first-order valence-electron chi connectivity index (χ1n) is 9.30. The second kappa shape index (κ2) is 7.99. The monoisotopic (exact) mass is 410 g/mol. The molecule has 2 aliphatic heterocycles. The first-order valence-corrected chi connectivity index (χ1v) is 9.30. The first kappa shape index (κ1) is 19.6. The van der Waals surface area contributed by atoms with Crippen molar-refractivity contribution in [1.82, 2.24) is 15.0 Å². The van der Waals surface area contributed by atoms with Gasteiger partial charge in [-0.15, -0.1) is 0 Å². The van der Waals surface area contributed by atoms with Crippen LogP contribution in [0.4, 0.5) is 30.8 Å². The number of halogens is 3. The normalized spacial score (nSPS) is 18.2. The molecule has 4 heterocycles. The van der Waals surface area contributed by atoms with E-state index < -0.39 is 11.9 Å². The molecule has 0 radical (unpaired) electrons. The third kappa shape index (κ3) is 4.35. The van der Waals surface area contributed by atoms with Crippen LogP contribution >= 0.6 is 0 Å². The highest BCUT2D eigenvalue weighted by Gasteiger charge is 2.37. The van der Waals surface area contributed by atoms with Crippen LogP contribution in [0.15, 0.2) is 18.2 Å². The zero-order valence-corrected chi connectivity index (χ0v) is 15.7. The maximum atomic E-state index is 13.6. The fourth-order valence-electron chi connectivity index (χ4n) is 3.32. The summed E-state index contributed by atoms with van der Waals surface area (Å²) >= 11 is 0. The summed E-state index contributed by atoms with van der Waals surface area (Å²) in [5.74, 6) is 0.735. The van der Waals surface area contributed by atoms with Crippen molar-refractivity contribution in [1.29, 1.82) is 0 Å². The highest BCUT2D eigenvalue weighted by molar-refractivity contribution is 5.69. The van der Waals surface area contributed by atoms with Gasteiger partial charge in [-0.25, -0.2) is 9.97 Å². The van der Waals surface area contributed by atoms with E-state index in [1.807, 2.05) is 9.80 Å². The van der Waals surface area contributed by atoms with Crippen LogP contribution in [0.2, 0.25) is 0 Å². The maximum absolute atomic E-state index is 13.6. The number of nitrogens with zero attached hydrogens (tertiary/aromatic N) is 5. The lowest BCUT2D eigenvalue weighted by atomic mass is 10.1. The molecule has 0 unspecified atom stereocenters. The molecule has 2 fully saturated rings. The molecule has 2 N–H and O–H groups in total.